The Morgan fingerprint density at radius 1 is 1.00 bits per heavy atom. The second-order valence-corrected chi connectivity index (χ2v) is 6.74. The lowest BCUT2D eigenvalue weighted by molar-refractivity contribution is 0.0496. The summed E-state index contributed by atoms with van der Waals surface area (Å²) in [6, 6.07) is 20.0. The van der Waals surface area contributed by atoms with Crippen molar-refractivity contribution in [3.63, 3.8) is 0 Å². The van der Waals surface area contributed by atoms with Crippen molar-refractivity contribution in [2.45, 2.75) is 32.5 Å². The van der Waals surface area contributed by atoms with Gasteiger partial charge in [-0.2, -0.15) is 0 Å². The Balaban J connectivity index is 1.98. The summed E-state index contributed by atoms with van der Waals surface area (Å²) in [6.45, 7) is 5.57. The van der Waals surface area contributed by atoms with Crippen LogP contribution in [0.5, 0.6) is 0 Å². The van der Waals surface area contributed by atoms with Crippen LogP contribution in [-0.2, 0) is 4.74 Å². The summed E-state index contributed by atoms with van der Waals surface area (Å²) in [5.41, 5.74) is 1.51. The number of carbonyl (C=O) groups is 1. The fourth-order valence-electron chi connectivity index (χ4n) is 2.70. The minimum Gasteiger partial charge on any atom is -0.444 e. The van der Waals surface area contributed by atoms with E-state index in [0.29, 0.717) is 0 Å². The van der Waals surface area contributed by atoms with Crippen molar-refractivity contribution in [3.8, 4) is 0 Å². The predicted molar refractivity (Wildman–Crippen MR) is 95.9 cm³/mol. The quantitative estimate of drug-likeness (QED) is 0.758. The smallest absolute Gasteiger partial charge is 0.409 e. The van der Waals surface area contributed by atoms with Crippen LogP contribution in [0.3, 0.4) is 0 Å². The summed E-state index contributed by atoms with van der Waals surface area (Å²) in [4.78, 5) is 12.3. The molecule has 0 bridgehead atoms. The molecule has 0 fully saturated rings. The first-order valence-corrected chi connectivity index (χ1v) is 8.04. The van der Waals surface area contributed by atoms with Gasteiger partial charge in [-0.15, -0.1) is 0 Å². The molecule has 3 rings (SSSR count). The normalized spacial score (nSPS) is 12.8. The van der Waals surface area contributed by atoms with Crippen molar-refractivity contribution in [3.05, 3.63) is 72.4 Å². The van der Waals surface area contributed by atoms with Crippen molar-refractivity contribution < 1.29 is 9.53 Å². The minimum atomic E-state index is -0.538. The maximum atomic E-state index is 12.3. The molecular weight excluding hydrogens is 300 g/mol. The molecule has 1 heterocycles. The van der Waals surface area contributed by atoms with Gasteiger partial charge in [0, 0.05) is 6.20 Å². The Morgan fingerprint density at radius 3 is 2.38 bits per heavy atom. The van der Waals surface area contributed by atoms with Crippen LogP contribution < -0.4 is 5.32 Å². The lowest BCUT2D eigenvalue weighted by Gasteiger charge is -2.25. The Kier molecular flexibility index (Phi) is 4.30. The molecule has 1 atom stereocenters. The third-order valence-electron chi connectivity index (χ3n) is 3.68. The number of alkyl carbamates (subject to hydrolysis) is 1. The van der Waals surface area contributed by atoms with Gasteiger partial charge in [0.25, 0.3) is 0 Å². The van der Waals surface area contributed by atoms with Gasteiger partial charge in [0.1, 0.15) is 11.8 Å². The van der Waals surface area contributed by atoms with E-state index < -0.39 is 11.7 Å². The van der Waals surface area contributed by atoms with Crippen LogP contribution in [0.2, 0.25) is 0 Å². The van der Waals surface area contributed by atoms with E-state index >= 15 is 0 Å². The van der Waals surface area contributed by atoms with Gasteiger partial charge in [-0.05, 0) is 43.9 Å². The van der Waals surface area contributed by atoms with Crippen molar-refractivity contribution in [2.24, 2.45) is 0 Å². The molecule has 0 saturated carbocycles. The highest BCUT2D eigenvalue weighted by atomic mass is 16.6. The molecule has 3 aromatic rings. The first kappa shape index (κ1) is 16.1. The molecule has 1 N–H and O–H groups in total. The van der Waals surface area contributed by atoms with Gasteiger partial charge >= 0.3 is 6.09 Å². The van der Waals surface area contributed by atoms with Crippen LogP contribution in [-0.4, -0.2) is 16.3 Å². The monoisotopic (exact) mass is 322 g/mol. The molecule has 1 aromatic heterocycles. The molecule has 0 aliphatic heterocycles. The van der Waals surface area contributed by atoms with Crippen molar-refractivity contribution in [1.29, 1.82) is 0 Å². The highest BCUT2D eigenvalue weighted by Gasteiger charge is 2.22. The van der Waals surface area contributed by atoms with Gasteiger partial charge in [0.05, 0.1) is 5.52 Å². The number of benzene rings is 2. The highest BCUT2D eigenvalue weighted by Crippen LogP contribution is 2.24. The first-order valence-electron chi connectivity index (χ1n) is 8.04. The molecule has 0 aliphatic carbocycles. The van der Waals surface area contributed by atoms with E-state index in [9.17, 15) is 4.79 Å². The van der Waals surface area contributed by atoms with Crippen molar-refractivity contribution in [2.75, 3.05) is 0 Å². The number of para-hydroxylation sites is 1. The lowest BCUT2D eigenvalue weighted by atomic mass is 10.1. The minimum absolute atomic E-state index is 0.332. The van der Waals surface area contributed by atoms with E-state index in [1.807, 2.05) is 81.6 Å². The molecule has 124 valence electrons. The molecule has 4 heteroatoms. The van der Waals surface area contributed by atoms with Gasteiger partial charge in [-0.25, -0.2) is 4.79 Å². The van der Waals surface area contributed by atoms with Crippen LogP contribution in [0.25, 0.3) is 10.9 Å². The molecule has 4 nitrogen and oxygen atoms in total. The van der Waals surface area contributed by atoms with Gasteiger partial charge in [0.15, 0.2) is 0 Å². The highest BCUT2D eigenvalue weighted by molar-refractivity contribution is 5.80. The Bertz CT molecular complexity index is 831. The summed E-state index contributed by atoms with van der Waals surface area (Å²) >= 11 is 0. The summed E-state index contributed by atoms with van der Waals surface area (Å²) in [5, 5.41) is 4.12. The Morgan fingerprint density at radius 2 is 1.67 bits per heavy atom. The summed E-state index contributed by atoms with van der Waals surface area (Å²) < 4.78 is 7.49. The molecule has 0 aliphatic rings. The van der Waals surface area contributed by atoms with Gasteiger partial charge in [-0.1, -0.05) is 48.5 Å². The number of rotatable bonds is 3. The number of carbonyl (C=O) groups excluding carboxylic acids is 1. The standard InChI is InChI=1S/C20H22N2O2/c1-20(2,3)24-19(23)21-18(16-10-5-4-6-11-16)22-14-13-15-9-7-8-12-17(15)22/h4-14,18H,1-3H3,(H,21,23). The van der Waals surface area contributed by atoms with Gasteiger partial charge in [-0.3, -0.25) is 5.32 Å². The van der Waals surface area contributed by atoms with Gasteiger partial charge in [0.2, 0.25) is 0 Å². The number of nitrogens with one attached hydrogen (secondary N) is 1. The molecule has 2 aromatic carbocycles. The van der Waals surface area contributed by atoms with E-state index in [1.54, 1.807) is 0 Å². The number of ether oxygens (including phenoxy) is 1. The fourth-order valence-corrected chi connectivity index (χ4v) is 2.70. The molecule has 0 radical (unpaired) electrons. The second-order valence-electron chi connectivity index (χ2n) is 6.74. The maximum absolute atomic E-state index is 12.3. The van der Waals surface area contributed by atoms with Crippen LogP contribution in [0.4, 0.5) is 4.79 Å². The number of fused-ring (bicyclic) bond motifs is 1. The summed E-state index contributed by atoms with van der Waals surface area (Å²) in [6.07, 6.45) is 1.22. The van der Waals surface area contributed by atoms with E-state index in [-0.39, 0.29) is 6.17 Å². The molecule has 24 heavy (non-hydrogen) atoms. The molecular formula is C20H22N2O2. The number of nitrogens with zero attached hydrogens (tertiary/aromatic N) is 1. The van der Waals surface area contributed by atoms with Gasteiger partial charge < -0.3 is 9.30 Å². The average molecular weight is 322 g/mol. The SMILES string of the molecule is CC(C)(C)OC(=O)NC(c1ccccc1)n1ccc2ccccc21. The number of aromatic nitrogens is 1. The van der Waals surface area contributed by atoms with Crippen LogP contribution >= 0.6 is 0 Å². The zero-order valence-corrected chi connectivity index (χ0v) is 14.2. The lowest BCUT2D eigenvalue weighted by Crippen LogP contribution is -2.37. The van der Waals surface area contributed by atoms with Crippen molar-refractivity contribution >= 4 is 17.0 Å². The summed E-state index contributed by atoms with van der Waals surface area (Å²) in [5.74, 6) is 0. The number of hydrogen-bond donors (Lipinski definition) is 1. The third-order valence-corrected chi connectivity index (χ3v) is 3.68. The molecule has 0 spiro atoms. The topological polar surface area (TPSA) is 43.3 Å². The largest absolute Gasteiger partial charge is 0.444 e. The summed E-state index contributed by atoms with van der Waals surface area (Å²) in [7, 11) is 0. The van der Waals surface area contributed by atoms with E-state index in [2.05, 4.69) is 16.0 Å². The Hall–Kier alpha value is -2.75. The molecule has 1 unspecified atom stereocenters. The zero-order valence-electron chi connectivity index (χ0n) is 14.2. The van der Waals surface area contributed by atoms with E-state index in [1.165, 1.54) is 0 Å². The molecule has 1 amide bonds. The van der Waals surface area contributed by atoms with E-state index in [4.69, 9.17) is 4.74 Å². The number of amides is 1. The first-order chi connectivity index (χ1) is 11.4. The average Bonchev–Trinajstić information content (AvgIpc) is 2.96. The number of hydrogen-bond acceptors (Lipinski definition) is 2. The molecule has 0 saturated heterocycles. The zero-order chi connectivity index (χ0) is 17.2. The van der Waals surface area contributed by atoms with E-state index in [0.717, 1.165) is 16.5 Å². The fraction of sp³-hybridized carbons (Fsp3) is 0.250. The Labute approximate surface area is 142 Å². The maximum Gasteiger partial charge on any atom is 0.409 e. The second kappa shape index (κ2) is 6.40. The van der Waals surface area contributed by atoms with Crippen LogP contribution in [0.15, 0.2) is 66.9 Å². The van der Waals surface area contributed by atoms with Crippen LogP contribution in [0.1, 0.15) is 32.5 Å². The van der Waals surface area contributed by atoms with Crippen molar-refractivity contribution in [1.82, 2.24) is 9.88 Å². The third kappa shape index (κ3) is 3.59. The van der Waals surface area contributed by atoms with Crippen LogP contribution in [0, 0.1) is 0 Å². The predicted octanol–water partition coefficient (Wildman–Crippen LogP) is 4.71.